The van der Waals surface area contributed by atoms with Gasteiger partial charge in [-0.05, 0) is 37.3 Å². The van der Waals surface area contributed by atoms with Crippen molar-refractivity contribution in [3.8, 4) is 0 Å². The first kappa shape index (κ1) is 17.7. The molecule has 0 bridgehead atoms. The minimum Gasteiger partial charge on any atom is -0.301 e. The van der Waals surface area contributed by atoms with E-state index >= 15 is 0 Å². The fraction of sp³-hybridized carbons (Fsp3) is 0.125. The smallest absolute Gasteiger partial charge is 0.269 e. The van der Waals surface area contributed by atoms with Crippen LogP contribution in [-0.2, 0) is 4.79 Å². The number of non-ortho nitro benzene ring substituents is 1. The van der Waals surface area contributed by atoms with E-state index in [1.807, 2.05) is 0 Å². The van der Waals surface area contributed by atoms with E-state index in [0.29, 0.717) is 10.2 Å². The molecular weight excluding hydrogens is 382 g/mol. The lowest BCUT2D eigenvalue weighted by atomic mass is 10.3. The van der Waals surface area contributed by atoms with Gasteiger partial charge in [-0.15, -0.1) is 11.8 Å². The molecule has 25 heavy (non-hydrogen) atoms. The van der Waals surface area contributed by atoms with Crippen molar-refractivity contribution in [2.24, 2.45) is 0 Å². The van der Waals surface area contributed by atoms with Crippen LogP contribution in [0.25, 0.3) is 10.2 Å². The van der Waals surface area contributed by atoms with Crippen LogP contribution in [0.1, 0.15) is 6.92 Å². The molecule has 1 atom stereocenters. The van der Waals surface area contributed by atoms with Gasteiger partial charge in [0.25, 0.3) is 5.69 Å². The second-order valence-electron chi connectivity index (χ2n) is 5.13. The first-order chi connectivity index (χ1) is 11.9. The second kappa shape index (κ2) is 7.38. The molecular formula is C16H12ClN3O3S2. The van der Waals surface area contributed by atoms with Crippen molar-refractivity contribution >= 4 is 61.6 Å². The zero-order valence-electron chi connectivity index (χ0n) is 12.9. The van der Waals surface area contributed by atoms with Crippen molar-refractivity contribution < 1.29 is 9.72 Å². The number of nitrogens with one attached hydrogen (secondary N) is 1. The maximum absolute atomic E-state index is 12.3. The van der Waals surface area contributed by atoms with Gasteiger partial charge in [0.2, 0.25) is 5.91 Å². The highest BCUT2D eigenvalue weighted by Crippen LogP contribution is 2.30. The van der Waals surface area contributed by atoms with Crippen molar-refractivity contribution in [3.63, 3.8) is 0 Å². The lowest BCUT2D eigenvalue weighted by molar-refractivity contribution is -0.384. The molecule has 0 saturated heterocycles. The standard InChI is InChI=1S/C16H12ClN3O3S2/c1-9(24-12-5-3-11(4-6-12)20(22)23)15(21)19-16-18-13-7-2-10(17)8-14(13)25-16/h2-9H,1H3,(H,18,19,21). The molecule has 1 heterocycles. The lowest BCUT2D eigenvalue weighted by Crippen LogP contribution is -2.22. The molecule has 6 nitrogen and oxygen atoms in total. The van der Waals surface area contributed by atoms with Crippen LogP contribution in [0, 0.1) is 10.1 Å². The maximum atomic E-state index is 12.3. The quantitative estimate of drug-likeness (QED) is 0.375. The number of thiazole rings is 1. The van der Waals surface area contributed by atoms with Crippen molar-refractivity contribution in [3.05, 3.63) is 57.6 Å². The Morgan fingerprint density at radius 3 is 2.72 bits per heavy atom. The predicted molar refractivity (Wildman–Crippen MR) is 102 cm³/mol. The van der Waals surface area contributed by atoms with Crippen LogP contribution in [0.3, 0.4) is 0 Å². The Bertz CT molecular complexity index is 943. The van der Waals surface area contributed by atoms with Gasteiger partial charge in [-0.2, -0.15) is 0 Å². The van der Waals surface area contributed by atoms with Gasteiger partial charge in [0.05, 0.1) is 20.4 Å². The largest absolute Gasteiger partial charge is 0.301 e. The van der Waals surface area contributed by atoms with E-state index in [-0.39, 0.29) is 16.8 Å². The van der Waals surface area contributed by atoms with E-state index in [1.165, 1.54) is 35.2 Å². The summed E-state index contributed by atoms with van der Waals surface area (Å²) in [5, 5.41) is 14.2. The van der Waals surface area contributed by atoms with Crippen molar-refractivity contribution in [2.75, 3.05) is 5.32 Å². The molecule has 3 aromatic rings. The minimum absolute atomic E-state index is 0.0228. The molecule has 1 amide bonds. The Morgan fingerprint density at radius 2 is 2.04 bits per heavy atom. The fourth-order valence-corrected chi connectivity index (χ4v) is 4.08. The van der Waals surface area contributed by atoms with E-state index in [2.05, 4.69) is 10.3 Å². The first-order valence-corrected chi connectivity index (χ1v) is 9.28. The van der Waals surface area contributed by atoms with Crippen molar-refractivity contribution in [2.45, 2.75) is 17.1 Å². The molecule has 1 N–H and O–H groups in total. The van der Waals surface area contributed by atoms with Crippen LogP contribution < -0.4 is 5.32 Å². The Kier molecular flexibility index (Phi) is 5.22. The number of nitro benzene ring substituents is 1. The summed E-state index contributed by atoms with van der Waals surface area (Å²) in [4.78, 5) is 27.7. The molecule has 1 unspecified atom stereocenters. The molecule has 2 aromatic carbocycles. The highest BCUT2D eigenvalue weighted by atomic mass is 35.5. The number of benzene rings is 2. The van der Waals surface area contributed by atoms with E-state index in [0.717, 1.165) is 15.1 Å². The number of carbonyl (C=O) groups excluding carboxylic acids is 1. The number of carbonyl (C=O) groups is 1. The number of nitro groups is 1. The summed E-state index contributed by atoms with van der Waals surface area (Å²) >= 11 is 8.63. The highest BCUT2D eigenvalue weighted by Gasteiger charge is 2.17. The number of halogens is 1. The third kappa shape index (κ3) is 4.28. The van der Waals surface area contributed by atoms with Crippen LogP contribution in [0.4, 0.5) is 10.8 Å². The molecule has 1 aromatic heterocycles. The number of aromatic nitrogens is 1. The Morgan fingerprint density at radius 1 is 1.32 bits per heavy atom. The monoisotopic (exact) mass is 393 g/mol. The summed E-state index contributed by atoms with van der Waals surface area (Å²) in [6.07, 6.45) is 0. The zero-order valence-corrected chi connectivity index (χ0v) is 15.3. The Hall–Kier alpha value is -2.16. The van der Waals surface area contributed by atoms with E-state index in [9.17, 15) is 14.9 Å². The molecule has 0 spiro atoms. The van der Waals surface area contributed by atoms with Gasteiger partial charge >= 0.3 is 0 Å². The van der Waals surface area contributed by atoms with Crippen LogP contribution in [0.5, 0.6) is 0 Å². The highest BCUT2D eigenvalue weighted by molar-refractivity contribution is 8.00. The lowest BCUT2D eigenvalue weighted by Gasteiger charge is -2.10. The molecule has 0 aliphatic heterocycles. The molecule has 3 rings (SSSR count). The Balaban J connectivity index is 1.66. The summed E-state index contributed by atoms with van der Waals surface area (Å²) in [5.74, 6) is -0.187. The van der Waals surface area contributed by atoms with Crippen LogP contribution in [0.15, 0.2) is 47.4 Å². The van der Waals surface area contributed by atoms with Crippen LogP contribution in [0.2, 0.25) is 5.02 Å². The fourth-order valence-electron chi connectivity index (χ4n) is 2.06. The molecule has 0 fully saturated rings. The minimum atomic E-state index is -0.454. The summed E-state index contributed by atoms with van der Waals surface area (Å²) in [5.41, 5.74) is 0.801. The number of thioether (sulfide) groups is 1. The molecule has 0 saturated carbocycles. The number of nitrogens with zero attached hydrogens (tertiary/aromatic N) is 2. The SMILES string of the molecule is CC(Sc1ccc([N+](=O)[O-])cc1)C(=O)Nc1nc2ccc(Cl)cc2s1. The molecule has 0 radical (unpaired) electrons. The van der Waals surface area contributed by atoms with E-state index < -0.39 is 4.92 Å². The number of fused-ring (bicyclic) bond motifs is 1. The van der Waals surface area contributed by atoms with Crippen molar-refractivity contribution in [1.29, 1.82) is 0 Å². The van der Waals surface area contributed by atoms with Gasteiger partial charge in [-0.1, -0.05) is 22.9 Å². The van der Waals surface area contributed by atoms with E-state index in [1.54, 1.807) is 37.3 Å². The van der Waals surface area contributed by atoms with Gasteiger partial charge in [0.15, 0.2) is 5.13 Å². The van der Waals surface area contributed by atoms with E-state index in [4.69, 9.17) is 11.6 Å². The topological polar surface area (TPSA) is 85.1 Å². The average molecular weight is 394 g/mol. The van der Waals surface area contributed by atoms with Gasteiger partial charge in [0.1, 0.15) is 0 Å². The van der Waals surface area contributed by atoms with Crippen LogP contribution >= 0.6 is 34.7 Å². The molecule has 0 aliphatic carbocycles. The Labute approximate surface area is 156 Å². The number of anilines is 1. The summed E-state index contributed by atoms with van der Waals surface area (Å²) < 4.78 is 0.901. The summed E-state index contributed by atoms with van der Waals surface area (Å²) in [7, 11) is 0. The molecule has 9 heteroatoms. The maximum Gasteiger partial charge on any atom is 0.269 e. The third-order valence-corrected chi connectivity index (χ3v) is 5.59. The average Bonchev–Trinajstić information content (AvgIpc) is 2.96. The number of hydrogen-bond acceptors (Lipinski definition) is 6. The van der Waals surface area contributed by atoms with Gasteiger partial charge in [-0.3, -0.25) is 14.9 Å². The number of hydrogen-bond donors (Lipinski definition) is 1. The summed E-state index contributed by atoms with van der Waals surface area (Å²) in [6.45, 7) is 1.77. The summed E-state index contributed by atoms with van der Waals surface area (Å²) in [6, 6.07) is 11.5. The van der Waals surface area contributed by atoms with Gasteiger partial charge in [-0.25, -0.2) is 4.98 Å². The van der Waals surface area contributed by atoms with Gasteiger partial charge in [0, 0.05) is 22.1 Å². The molecule has 128 valence electrons. The number of rotatable bonds is 5. The number of amides is 1. The predicted octanol–water partition coefficient (Wildman–Crippen LogP) is 4.98. The normalized spacial score (nSPS) is 12.1. The first-order valence-electron chi connectivity index (χ1n) is 7.20. The zero-order chi connectivity index (χ0) is 18.0. The van der Waals surface area contributed by atoms with Gasteiger partial charge < -0.3 is 5.32 Å². The van der Waals surface area contributed by atoms with Crippen LogP contribution in [-0.4, -0.2) is 21.1 Å². The third-order valence-electron chi connectivity index (χ3n) is 3.31. The second-order valence-corrected chi connectivity index (χ2v) is 8.01. The van der Waals surface area contributed by atoms with Crippen molar-refractivity contribution in [1.82, 2.24) is 4.98 Å². The molecule has 0 aliphatic rings.